The van der Waals surface area contributed by atoms with Crippen molar-refractivity contribution >= 4 is 11.9 Å². The Kier molecular flexibility index (Phi) is 42.2. The van der Waals surface area contributed by atoms with Crippen LogP contribution in [0.5, 0.6) is 0 Å². The summed E-state index contributed by atoms with van der Waals surface area (Å²) in [6.07, 6.45) is 51.0. The van der Waals surface area contributed by atoms with Gasteiger partial charge in [-0.15, -0.1) is 0 Å². The van der Waals surface area contributed by atoms with E-state index in [1.807, 2.05) is 0 Å². The molecule has 0 aromatic heterocycles. The standard InChI is InChI=1S/C48H89NO5/c1-3-5-7-9-11-13-15-17-20-24-28-32-36-40-46(51)45(44-50)49-47(52)41-37-33-29-25-21-19-23-27-31-35-39-43-54-48(53)42-38-34-30-26-22-18-16-14-12-10-8-6-4-2/h8,10,14,16,23,27,45-46,50-51H,3-7,9,11-13,15,17-22,24-26,28-44H2,1-2H3,(H,49,52)/b10-8-,16-14-,27-23-. The maximum Gasteiger partial charge on any atom is 0.305 e. The molecule has 0 fully saturated rings. The SMILES string of the molecule is CCC/C=C\C/C=C\CCCCCCCC(=O)OCCCC/C=C\CCCCCCCC(=O)NC(CO)C(O)CCCCCCCCCCCCCCC. The van der Waals surface area contributed by atoms with Crippen molar-refractivity contribution in [3.63, 3.8) is 0 Å². The molecule has 0 aromatic rings. The van der Waals surface area contributed by atoms with E-state index in [1.54, 1.807) is 0 Å². The highest BCUT2D eigenvalue weighted by Gasteiger charge is 2.20. The highest BCUT2D eigenvalue weighted by molar-refractivity contribution is 5.76. The van der Waals surface area contributed by atoms with Crippen LogP contribution in [0.1, 0.15) is 232 Å². The van der Waals surface area contributed by atoms with E-state index in [9.17, 15) is 19.8 Å². The number of aliphatic hydroxyl groups excluding tert-OH is 2. The van der Waals surface area contributed by atoms with E-state index in [0.29, 0.717) is 25.9 Å². The zero-order valence-electron chi connectivity index (χ0n) is 35.7. The first-order valence-corrected chi connectivity index (χ1v) is 23.2. The fourth-order valence-corrected chi connectivity index (χ4v) is 6.79. The summed E-state index contributed by atoms with van der Waals surface area (Å²) in [5, 5.41) is 23.1. The Morgan fingerprint density at radius 2 is 0.963 bits per heavy atom. The number of rotatable bonds is 42. The Hall–Kier alpha value is -1.92. The van der Waals surface area contributed by atoms with Crippen molar-refractivity contribution in [1.29, 1.82) is 0 Å². The Morgan fingerprint density at radius 1 is 0.519 bits per heavy atom. The molecular weight excluding hydrogens is 671 g/mol. The number of ether oxygens (including phenoxy) is 1. The van der Waals surface area contributed by atoms with Crippen molar-refractivity contribution in [3.05, 3.63) is 36.5 Å². The van der Waals surface area contributed by atoms with Gasteiger partial charge in [-0.05, 0) is 77.0 Å². The van der Waals surface area contributed by atoms with Crippen molar-refractivity contribution in [1.82, 2.24) is 5.32 Å². The molecule has 54 heavy (non-hydrogen) atoms. The molecule has 2 atom stereocenters. The number of aliphatic hydroxyl groups is 2. The van der Waals surface area contributed by atoms with Gasteiger partial charge in [-0.2, -0.15) is 0 Å². The number of hydrogen-bond donors (Lipinski definition) is 3. The Bertz CT molecular complexity index is 884. The monoisotopic (exact) mass is 760 g/mol. The summed E-state index contributed by atoms with van der Waals surface area (Å²) in [4.78, 5) is 24.4. The quantitative estimate of drug-likeness (QED) is 0.0327. The third-order valence-electron chi connectivity index (χ3n) is 10.4. The predicted octanol–water partition coefficient (Wildman–Crippen LogP) is 13.3. The minimum atomic E-state index is -0.682. The number of hydrogen-bond acceptors (Lipinski definition) is 5. The zero-order valence-corrected chi connectivity index (χ0v) is 35.7. The molecule has 0 aliphatic rings. The largest absolute Gasteiger partial charge is 0.466 e. The van der Waals surface area contributed by atoms with Gasteiger partial charge in [0.25, 0.3) is 0 Å². The molecule has 316 valence electrons. The van der Waals surface area contributed by atoms with Gasteiger partial charge in [0.1, 0.15) is 0 Å². The smallest absolute Gasteiger partial charge is 0.305 e. The Balaban J connectivity index is 3.55. The van der Waals surface area contributed by atoms with Crippen LogP contribution in [-0.4, -0.2) is 47.4 Å². The minimum absolute atomic E-state index is 0.0474. The maximum atomic E-state index is 12.4. The molecule has 2 unspecified atom stereocenters. The lowest BCUT2D eigenvalue weighted by molar-refractivity contribution is -0.143. The number of allylic oxidation sites excluding steroid dienone is 6. The summed E-state index contributed by atoms with van der Waals surface area (Å²) in [5.41, 5.74) is 0. The molecule has 1 amide bonds. The molecular formula is C48H89NO5. The Morgan fingerprint density at radius 3 is 1.50 bits per heavy atom. The molecule has 6 nitrogen and oxygen atoms in total. The molecule has 0 bridgehead atoms. The normalized spacial score (nSPS) is 13.0. The fourth-order valence-electron chi connectivity index (χ4n) is 6.79. The van der Waals surface area contributed by atoms with Gasteiger partial charge in [-0.25, -0.2) is 0 Å². The molecule has 0 saturated heterocycles. The molecule has 0 aliphatic carbocycles. The average Bonchev–Trinajstić information content (AvgIpc) is 3.17. The summed E-state index contributed by atoms with van der Waals surface area (Å²) in [6, 6.07) is -0.562. The van der Waals surface area contributed by atoms with E-state index in [2.05, 4.69) is 55.6 Å². The van der Waals surface area contributed by atoms with Gasteiger partial charge in [-0.3, -0.25) is 9.59 Å². The lowest BCUT2D eigenvalue weighted by Gasteiger charge is -2.22. The van der Waals surface area contributed by atoms with Crippen LogP contribution in [0.4, 0.5) is 0 Å². The van der Waals surface area contributed by atoms with Crippen LogP contribution in [0.2, 0.25) is 0 Å². The number of unbranched alkanes of at least 4 members (excludes halogenated alkanes) is 25. The summed E-state index contributed by atoms with van der Waals surface area (Å²) in [7, 11) is 0. The second-order valence-electron chi connectivity index (χ2n) is 15.7. The molecule has 0 heterocycles. The van der Waals surface area contributed by atoms with E-state index in [1.165, 1.54) is 103 Å². The van der Waals surface area contributed by atoms with Crippen molar-refractivity contribution < 1.29 is 24.5 Å². The second-order valence-corrected chi connectivity index (χ2v) is 15.7. The molecule has 0 aliphatic heterocycles. The van der Waals surface area contributed by atoms with E-state index in [-0.39, 0.29) is 18.5 Å². The number of carbonyl (C=O) groups excluding carboxylic acids is 2. The van der Waals surface area contributed by atoms with Gasteiger partial charge in [0.05, 0.1) is 25.4 Å². The van der Waals surface area contributed by atoms with Gasteiger partial charge in [0, 0.05) is 12.8 Å². The maximum absolute atomic E-state index is 12.4. The van der Waals surface area contributed by atoms with Crippen molar-refractivity contribution in [2.75, 3.05) is 13.2 Å². The third-order valence-corrected chi connectivity index (χ3v) is 10.4. The lowest BCUT2D eigenvalue weighted by Crippen LogP contribution is -2.45. The molecule has 0 aromatic carbocycles. The van der Waals surface area contributed by atoms with Crippen molar-refractivity contribution in [3.8, 4) is 0 Å². The van der Waals surface area contributed by atoms with Crippen LogP contribution in [0.25, 0.3) is 0 Å². The topological polar surface area (TPSA) is 95.9 Å². The summed E-state index contributed by atoms with van der Waals surface area (Å²) >= 11 is 0. The first-order chi connectivity index (χ1) is 26.5. The number of esters is 1. The average molecular weight is 760 g/mol. The Labute approximate surface area is 334 Å². The zero-order chi connectivity index (χ0) is 39.4. The van der Waals surface area contributed by atoms with Gasteiger partial charge in [0.15, 0.2) is 0 Å². The van der Waals surface area contributed by atoms with Crippen LogP contribution in [-0.2, 0) is 14.3 Å². The number of nitrogens with one attached hydrogen (secondary N) is 1. The first-order valence-electron chi connectivity index (χ1n) is 23.2. The minimum Gasteiger partial charge on any atom is -0.466 e. The van der Waals surface area contributed by atoms with Crippen LogP contribution >= 0.6 is 0 Å². The van der Waals surface area contributed by atoms with E-state index in [0.717, 1.165) is 96.3 Å². The fraction of sp³-hybridized carbons (Fsp3) is 0.833. The summed E-state index contributed by atoms with van der Waals surface area (Å²) < 4.78 is 5.41. The lowest BCUT2D eigenvalue weighted by atomic mass is 10.0. The van der Waals surface area contributed by atoms with Gasteiger partial charge < -0.3 is 20.3 Å². The molecule has 0 rings (SSSR count). The molecule has 0 spiro atoms. The molecule has 0 saturated carbocycles. The second kappa shape index (κ2) is 43.8. The molecule has 0 radical (unpaired) electrons. The van der Waals surface area contributed by atoms with E-state index < -0.39 is 12.1 Å². The van der Waals surface area contributed by atoms with Crippen molar-refractivity contribution in [2.45, 2.75) is 244 Å². The van der Waals surface area contributed by atoms with Crippen molar-refractivity contribution in [2.24, 2.45) is 0 Å². The number of amides is 1. The van der Waals surface area contributed by atoms with Crippen LogP contribution in [0.15, 0.2) is 36.5 Å². The van der Waals surface area contributed by atoms with Gasteiger partial charge in [0.2, 0.25) is 5.91 Å². The third kappa shape index (κ3) is 39.8. The molecule has 6 heteroatoms. The summed E-state index contributed by atoms with van der Waals surface area (Å²) in [5.74, 6) is -0.114. The first kappa shape index (κ1) is 52.1. The highest BCUT2D eigenvalue weighted by atomic mass is 16.5. The van der Waals surface area contributed by atoms with Crippen LogP contribution in [0.3, 0.4) is 0 Å². The van der Waals surface area contributed by atoms with E-state index >= 15 is 0 Å². The number of carbonyl (C=O) groups is 2. The van der Waals surface area contributed by atoms with Gasteiger partial charge in [-0.1, -0.05) is 179 Å². The highest BCUT2D eigenvalue weighted by Crippen LogP contribution is 2.15. The van der Waals surface area contributed by atoms with E-state index in [4.69, 9.17) is 4.74 Å². The van der Waals surface area contributed by atoms with Crippen LogP contribution < -0.4 is 5.32 Å². The predicted molar refractivity (Wildman–Crippen MR) is 232 cm³/mol. The van der Waals surface area contributed by atoms with Gasteiger partial charge >= 0.3 is 5.97 Å². The molecule has 3 N–H and O–H groups in total. The summed E-state index contributed by atoms with van der Waals surface area (Å²) in [6.45, 7) is 4.78. The van der Waals surface area contributed by atoms with Crippen LogP contribution in [0, 0.1) is 0 Å².